The van der Waals surface area contributed by atoms with Crippen LogP contribution >= 0.6 is 0 Å². The van der Waals surface area contributed by atoms with Gasteiger partial charge in [0, 0.05) is 31.4 Å². The molecule has 2 aromatic rings. The van der Waals surface area contributed by atoms with Gasteiger partial charge >= 0.3 is 11.8 Å². The monoisotopic (exact) mass is 352 g/mol. The minimum Gasteiger partial charge on any atom is -0.354 e. The topological polar surface area (TPSA) is 79.5 Å². The number of piperazine rings is 1. The van der Waals surface area contributed by atoms with Crippen molar-refractivity contribution >= 4 is 11.8 Å². The van der Waals surface area contributed by atoms with Crippen molar-refractivity contribution in [2.24, 2.45) is 11.8 Å². The van der Waals surface area contributed by atoms with Crippen molar-refractivity contribution in [3.8, 4) is 11.5 Å². The zero-order valence-corrected chi connectivity index (χ0v) is 14.4. The fourth-order valence-corrected chi connectivity index (χ4v) is 4.34. The summed E-state index contributed by atoms with van der Waals surface area (Å²) in [6.07, 6.45) is 5.14. The van der Waals surface area contributed by atoms with Crippen molar-refractivity contribution in [1.29, 1.82) is 0 Å². The lowest BCUT2D eigenvalue weighted by atomic mass is 10.1. The van der Waals surface area contributed by atoms with Gasteiger partial charge in [0.05, 0.1) is 6.54 Å². The summed E-state index contributed by atoms with van der Waals surface area (Å²) in [4.78, 5) is 32.7. The molecule has 0 N–H and O–H groups in total. The summed E-state index contributed by atoms with van der Waals surface area (Å²) in [7, 11) is 0. The second-order valence-corrected chi connectivity index (χ2v) is 7.50. The van der Waals surface area contributed by atoms with Crippen molar-refractivity contribution in [3.05, 3.63) is 36.2 Å². The number of carbonyl (C=O) groups excluding carboxylic acids is 2. The number of fused-ring (bicyclic) bond motifs is 1. The standard InChI is InChI=1S/C19H20N4O3/c24-18-19(25)23(15-8-12-7-13(12)9-15)6-5-22(18)11-14-10-17(26-21-14)16-3-1-2-4-20-16/h1-4,10,12-13,15H,5-9,11H2/t12-,13+,15?. The molecule has 0 radical (unpaired) electrons. The summed E-state index contributed by atoms with van der Waals surface area (Å²) in [6, 6.07) is 7.58. The number of nitrogens with zero attached hydrogens (tertiary/aromatic N) is 4. The first-order valence-electron chi connectivity index (χ1n) is 9.16. The Balaban J connectivity index is 1.25. The highest BCUT2D eigenvalue weighted by Gasteiger charge is 2.50. The van der Waals surface area contributed by atoms with E-state index in [9.17, 15) is 9.59 Å². The van der Waals surface area contributed by atoms with E-state index in [4.69, 9.17) is 4.52 Å². The van der Waals surface area contributed by atoms with Crippen LogP contribution in [0.5, 0.6) is 0 Å². The maximum absolute atomic E-state index is 12.5. The molecule has 5 rings (SSSR count). The number of aromatic nitrogens is 2. The molecule has 0 aromatic carbocycles. The van der Waals surface area contributed by atoms with E-state index < -0.39 is 5.91 Å². The molecule has 0 bridgehead atoms. The smallest absolute Gasteiger partial charge is 0.312 e. The van der Waals surface area contributed by atoms with Gasteiger partial charge in [-0.25, -0.2) is 0 Å². The summed E-state index contributed by atoms with van der Waals surface area (Å²) in [5.41, 5.74) is 1.32. The third kappa shape index (κ3) is 2.67. The Kier molecular flexibility index (Phi) is 3.55. The van der Waals surface area contributed by atoms with Crippen molar-refractivity contribution in [3.63, 3.8) is 0 Å². The van der Waals surface area contributed by atoms with Gasteiger partial charge in [0.1, 0.15) is 11.4 Å². The van der Waals surface area contributed by atoms with E-state index in [1.54, 1.807) is 22.1 Å². The zero-order valence-electron chi connectivity index (χ0n) is 14.4. The van der Waals surface area contributed by atoms with Crippen LogP contribution in [0.15, 0.2) is 35.0 Å². The predicted molar refractivity (Wildman–Crippen MR) is 91.5 cm³/mol. The number of pyridine rings is 1. The Morgan fingerprint density at radius 3 is 2.69 bits per heavy atom. The molecule has 3 heterocycles. The molecule has 2 aliphatic carbocycles. The molecule has 2 amide bonds. The quantitative estimate of drug-likeness (QED) is 0.783. The van der Waals surface area contributed by atoms with E-state index in [1.807, 2.05) is 18.2 Å². The average molecular weight is 352 g/mol. The van der Waals surface area contributed by atoms with Crippen molar-refractivity contribution in [2.45, 2.75) is 31.8 Å². The number of hydrogen-bond donors (Lipinski definition) is 0. The second-order valence-electron chi connectivity index (χ2n) is 7.50. The fraction of sp³-hybridized carbons (Fsp3) is 0.474. The molecule has 0 spiro atoms. The Morgan fingerprint density at radius 2 is 1.92 bits per heavy atom. The third-order valence-electron chi connectivity index (χ3n) is 5.83. The second kappa shape index (κ2) is 5.93. The van der Waals surface area contributed by atoms with Crippen LogP contribution in [0.25, 0.3) is 11.5 Å². The Labute approximate surface area is 151 Å². The largest absolute Gasteiger partial charge is 0.354 e. The van der Waals surface area contributed by atoms with Gasteiger partial charge in [-0.15, -0.1) is 0 Å². The molecule has 7 heteroatoms. The number of carbonyl (C=O) groups is 2. The maximum Gasteiger partial charge on any atom is 0.312 e. The molecule has 3 aliphatic rings. The van der Waals surface area contributed by atoms with Gasteiger partial charge in [0.2, 0.25) is 0 Å². The normalized spacial score (nSPS) is 27.8. The number of hydrogen-bond acceptors (Lipinski definition) is 5. The van der Waals surface area contributed by atoms with Gasteiger partial charge in [-0.3, -0.25) is 14.6 Å². The highest BCUT2D eigenvalue weighted by molar-refractivity contribution is 6.35. The van der Waals surface area contributed by atoms with Gasteiger partial charge in [0.15, 0.2) is 5.76 Å². The van der Waals surface area contributed by atoms with Crippen LogP contribution < -0.4 is 0 Å². The van der Waals surface area contributed by atoms with Gasteiger partial charge in [-0.05, 0) is 43.2 Å². The van der Waals surface area contributed by atoms with Crippen molar-refractivity contribution < 1.29 is 14.1 Å². The highest BCUT2D eigenvalue weighted by atomic mass is 16.5. The molecule has 26 heavy (non-hydrogen) atoms. The lowest BCUT2D eigenvalue weighted by molar-refractivity contribution is -0.158. The molecule has 134 valence electrons. The lowest BCUT2D eigenvalue weighted by Gasteiger charge is -2.37. The fourth-order valence-electron chi connectivity index (χ4n) is 4.34. The Morgan fingerprint density at radius 1 is 1.08 bits per heavy atom. The Hall–Kier alpha value is -2.70. The lowest BCUT2D eigenvalue weighted by Crippen LogP contribution is -2.56. The van der Waals surface area contributed by atoms with Crippen LogP contribution in [0.3, 0.4) is 0 Å². The van der Waals surface area contributed by atoms with E-state index in [1.165, 1.54) is 6.42 Å². The summed E-state index contributed by atoms with van der Waals surface area (Å²) >= 11 is 0. The van der Waals surface area contributed by atoms with E-state index in [-0.39, 0.29) is 18.5 Å². The summed E-state index contributed by atoms with van der Waals surface area (Å²) < 4.78 is 5.33. The van der Waals surface area contributed by atoms with E-state index in [2.05, 4.69) is 10.1 Å². The van der Waals surface area contributed by atoms with Crippen LogP contribution in [-0.4, -0.2) is 50.9 Å². The predicted octanol–water partition coefficient (Wildman–Crippen LogP) is 1.71. The molecular formula is C19H20N4O3. The molecule has 2 aromatic heterocycles. The molecule has 7 nitrogen and oxygen atoms in total. The first-order chi connectivity index (χ1) is 12.7. The molecule has 2 saturated carbocycles. The van der Waals surface area contributed by atoms with Crippen molar-refractivity contribution in [2.75, 3.05) is 13.1 Å². The maximum atomic E-state index is 12.5. The average Bonchev–Trinajstić information content (AvgIpc) is 3.06. The molecule has 3 atom stereocenters. The minimum absolute atomic E-state index is 0.264. The zero-order chi connectivity index (χ0) is 17.7. The van der Waals surface area contributed by atoms with Crippen LogP contribution in [0, 0.1) is 11.8 Å². The summed E-state index contributed by atoms with van der Waals surface area (Å²) in [5, 5.41) is 4.02. The van der Waals surface area contributed by atoms with Gasteiger partial charge in [0.25, 0.3) is 0 Å². The SMILES string of the molecule is O=C1C(=O)N(C2C[C@@H]3C[C@@H]3C2)CCN1Cc1cc(-c2ccccn2)on1. The first-order valence-corrected chi connectivity index (χ1v) is 9.16. The molecular weight excluding hydrogens is 332 g/mol. The number of amides is 2. The van der Waals surface area contributed by atoms with Crippen LogP contribution in [0.4, 0.5) is 0 Å². The van der Waals surface area contributed by atoms with E-state index in [0.717, 1.165) is 24.7 Å². The third-order valence-corrected chi connectivity index (χ3v) is 5.83. The molecule has 1 aliphatic heterocycles. The summed E-state index contributed by atoms with van der Waals surface area (Å²) in [5.74, 6) is 1.35. The molecule has 1 unspecified atom stereocenters. The van der Waals surface area contributed by atoms with Gasteiger partial charge in [-0.2, -0.15) is 0 Å². The first kappa shape index (κ1) is 15.5. The minimum atomic E-state index is -0.431. The summed E-state index contributed by atoms with van der Waals surface area (Å²) in [6.45, 7) is 1.44. The number of rotatable bonds is 4. The van der Waals surface area contributed by atoms with Gasteiger partial charge in [-0.1, -0.05) is 11.2 Å². The van der Waals surface area contributed by atoms with E-state index >= 15 is 0 Å². The highest BCUT2D eigenvalue weighted by Crippen LogP contribution is 2.53. The van der Waals surface area contributed by atoms with E-state index in [0.29, 0.717) is 30.2 Å². The van der Waals surface area contributed by atoms with Crippen LogP contribution in [0.1, 0.15) is 25.0 Å². The Bertz CT molecular complexity index is 839. The van der Waals surface area contributed by atoms with Gasteiger partial charge < -0.3 is 14.3 Å². The molecule has 3 fully saturated rings. The molecule has 1 saturated heterocycles. The van der Waals surface area contributed by atoms with Crippen molar-refractivity contribution in [1.82, 2.24) is 19.9 Å². The van der Waals surface area contributed by atoms with Crippen LogP contribution in [-0.2, 0) is 16.1 Å². The van der Waals surface area contributed by atoms with Crippen LogP contribution in [0.2, 0.25) is 0 Å².